The van der Waals surface area contributed by atoms with Crippen molar-refractivity contribution in [3.05, 3.63) is 80.9 Å². The van der Waals surface area contributed by atoms with Crippen molar-refractivity contribution in [1.29, 1.82) is 0 Å². The highest BCUT2D eigenvalue weighted by molar-refractivity contribution is 6.31. The minimum atomic E-state index is -2.43. The van der Waals surface area contributed by atoms with Crippen LogP contribution in [-0.4, -0.2) is 97.8 Å². The Bertz CT molecular complexity index is 1910. The number of benzene rings is 3. The van der Waals surface area contributed by atoms with Crippen LogP contribution in [0.4, 0.5) is 0 Å². The van der Waals surface area contributed by atoms with Crippen LogP contribution in [0.1, 0.15) is 84.8 Å². The summed E-state index contributed by atoms with van der Waals surface area (Å²) in [5.41, 5.74) is 1.89. The van der Waals surface area contributed by atoms with Crippen molar-refractivity contribution in [2.45, 2.75) is 69.0 Å². The first kappa shape index (κ1) is 34.9. The molecule has 1 fully saturated rings. The average Bonchev–Trinajstić information content (AvgIpc) is 3.09. The number of carbonyl (C=O) groups excluding carboxylic acids is 4. The van der Waals surface area contributed by atoms with Crippen LogP contribution in [-0.2, 0) is 32.0 Å². The molecule has 0 amide bonds. The highest BCUT2D eigenvalue weighted by atomic mass is 16.7. The summed E-state index contributed by atoms with van der Waals surface area (Å²) in [6, 6.07) is 7.07. The molecule has 1 aliphatic heterocycles. The molecule has 6 atom stereocenters. The van der Waals surface area contributed by atoms with E-state index in [4.69, 9.17) is 24.7 Å². The number of rotatable bonds is 8. The second kappa shape index (κ2) is 13.1. The third-order valence-corrected chi connectivity index (χ3v) is 9.49. The van der Waals surface area contributed by atoms with E-state index in [1.807, 2.05) is 0 Å². The van der Waals surface area contributed by atoms with E-state index in [1.165, 1.54) is 37.4 Å². The highest BCUT2D eigenvalue weighted by Crippen LogP contribution is 2.52. The lowest BCUT2D eigenvalue weighted by Crippen LogP contribution is -2.53. The zero-order valence-corrected chi connectivity index (χ0v) is 26.9. The van der Waals surface area contributed by atoms with Crippen molar-refractivity contribution < 1.29 is 68.8 Å². The van der Waals surface area contributed by atoms with Crippen LogP contribution in [0.3, 0.4) is 0 Å². The Morgan fingerprint density at radius 1 is 1.04 bits per heavy atom. The number of hydrogen-bond acceptors (Lipinski definition) is 15. The van der Waals surface area contributed by atoms with Gasteiger partial charge in [0.1, 0.15) is 28.6 Å². The van der Waals surface area contributed by atoms with Gasteiger partial charge < -0.3 is 55.3 Å². The lowest BCUT2D eigenvalue weighted by atomic mass is 9.72. The fourth-order valence-electron chi connectivity index (χ4n) is 6.78. The van der Waals surface area contributed by atoms with Crippen molar-refractivity contribution in [2.75, 3.05) is 13.7 Å². The van der Waals surface area contributed by atoms with Gasteiger partial charge in [-0.15, -0.1) is 0 Å². The first-order valence-electron chi connectivity index (χ1n) is 15.7. The van der Waals surface area contributed by atoms with Gasteiger partial charge in [0.2, 0.25) is 11.6 Å². The number of fused-ring (bicyclic) bond motifs is 3. The van der Waals surface area contributed by atoms with Gasteiger partial charge >= 0.3 is 5.97 Å². The molecule has 2 aliphatic carbocycles. The molecule has 1 heterocycles. The van der Waals surface area contributed by atoms with Gasteiger partial charge in [-0.05, 0) is 25.1 Å². The Morgan fingerprint density at radius 3 is 2.42 bits per heavy atom. The first-order chi connectivity index (χ1) is 23.7. The fourth-order valence-corrected chi connectivity index (χ4v) is 6.78. The van der Waals surface area contributed by atoms with E-state index in [0.29, 0.717) is 0 Å². The molecule has 264 valence electrons. The van der Waals surface area contributed by atoms with E-state index in [2.05, 4.69) is 0 Å². The maximum atomic E-state index is 13.9. The van der Waals surface area contributed by atoms with Crippen LogP contribution < -0.4 is 10.5 Å². The number of Topliss-reactive ketones (excluding diaryl/α,β-unsaturated/α-hetero) is 1. The number of phenols is 3. The summed E-state index contributed by atoms with van der Waals surface area (Å²) in [6.45, 7) is 0.0892. The molecule has 15 nitrogen and oxygen atoms in total. The van der Waals surface area contributed by atoms with Crippen molar-refractivity contribution in [3.8, 4) is 23.0 Å². The number of phenolic OH excluding ortho intramolecular Hbond substituents is 2. The topological polar surface area (TPSA) is 253 Å². The number of aliphatic hydroxyl groups is 3. The molecule has 1 saturated heterocycles. The van der Waals surface area contributed by atoms with E-state index in [1.54, 1.807) is 6.92 Å². The van der Waals surface area contributed by atoms with E-state index in [0.717, 1.165) is 6.07 Å². The van der Waals surface area contributed by atoms with Crippen LogP contribution in [0.25, 0.3) is 0 Å². The number of carbonyl (C=O) groups is 4. The van der Waals surface area contributed by atoms with Gasteiger partial charge in [0, 0.05) is 47.6 Å². The van der Waals surface area contributed by atoms with Crippen molar-refractivity contribution in [1.82, 2.24) is 0 Å². The molecule has 0 radical (unpaired) electrons. The van der Waals surface area contributed by atoms with Crippen molar-refractivity contribution in [2.24, 2.45) is 5.73 Å². The summed E-state index contributed by atoms with van der Waals surface area (Å²) >= 11 is 0. The second-order valence-corrected chi connectivity index (χ2v) is 12.6. The number of esters is 1. The highest BCUT2D eigenvalue weighted by Gasteiger charge is 2.50. The molecule has 0 saturated carbocycles. The SMILES string of the molecule is COc1cccc2c1C(=O)c1c(O)c3c(c(O)c1C2=O)C[C@@](O)(C(=O)COC(=O)c1ccc(CO)c(O)c1)C[C@@H]3O[C@H]1C[C@H](N)[C@H](O)[C@H](C)O1. The van der Waals surface area contributed by atoms with Gasteiger partial charge in [-0.2, -0.15) is 0 Å². The van der Waals surface area contributed by atoms with E-state index >= 15 is 0 Å². The molecule has 3 aromatic rings. The zero-order chi connectivity index (χ0) is 36.2. The minimum absolute atomic E-state index is 0.0527. The Kier molecular flexibility index (Phi) is 9.15. The Morgan fingerprint density at radius 2 is 1.76 bits per heavy atom. The quantitative estimate of drug-likeness (QED) is 0.101. The van der Waals surface area contributed by atoms with Gasteiger partial charge in [-0.1, -0.05) is 18.2 Å². The third kappa shape index (κ3) is 5.77. The number of ketones is 3. The number of methoxy groups -OCH3 is 1. The zero-order valence-electron chi connectivity index (χ0n) is 26.9. The summed E-state index contributed by atoms with van der Waals surface area (Å²) < 4.78 is 22.3. The monoisotopic (exact) mass is 693 g/mol. The maximum Gasteiger partial charge on any atom is 0.338 e. The first-order valence-corrected chi connectivity index (χ1v) is 15.7. The van der Waals surface area contributed by atoms with Crippen LogP contribution in [0.15, 0.2) is 36.4 Å². The van der Waals surface area contributed by atoms with Crippen LogP contribution >= 0.6 is 0 Å². The molecule has 0 bridgehead atoms. The molecule has 0 unspecified atom stereocenters. The number of nitrogens with two attached hydrogens (primary N) is 1. The van der Waals surface area contributed by atoms with Gasteiger partial charge in [0.15, 0.2) is 18.7 Å². The molecule has 3 aliphatic rings. The third-order valence-electron chi connectivity index (χ3n) is 9.49. The average molecular weight is 694 g/mol. The number of hydrogen-bond donors (Lipinski definition) is 7. The van der Waals surface area contributed by atoms with E-state index < -0.39 is 108 Å². The molecule has 15 heteroatoms. The van der Waals surface area contributed by atoms with E-state index in [-0.39, 0.29) is 51.3 Å². The Hall–Kier alpha value is -4.90. The Labute approximate surface area is 284 Å². The molecule has 3 aromatic carbocycles. The molecule has 0 spiro atoms. The summed E-state index contributed by atoms with van der Waals surface area (Å²) in [6.07, 6.45) is -5.79. The molecular formula is C35H35NO14. The van der Waals surface area contributed by atoms with Gasteiger partial charge in [-0.3, -0.25) is 14.4 Å². The standard InChI is InChI=1S/C35H35NO14/c1-14-29(40)19(36)9-24(49-14)50-22-11-35(46,23(39)13-48-34(45)15-6-7-16(12-37)20(38)8-15)10-18-26(22)33(44)28-27(31(18)42)30(41)17-4-3-5-21(47-2)25(17)32(28)43/h3-8,14,19,22,24,29,37-38,40,42,44,46H,9-13,36H2,1-2H3/t14-,19-,22-,24-,29+,35-/m0/s1. The second-order valence-electron chi connectivity index (χ2n) is 12.6. The van der Waals surface area contributed by atoms with Crippen LogP contribution in [0.2, 0.25) is 0 Å². The minimum Gasteiger partial charge on any atom is -0.508 e. The summed E-state index contributed by atoms with van der Waals surface area (Å²) in [5, 5.41) is 64.7. The lowest BCUT2D eigenvalue weighted by molar-refractivity contribution is -0.247. The molecule has 6 rings (SSSR count). The summed E-state index contributed by atoms with van der Waals surface area (Å²) in [7, 11) is 1.30. The largest absolute Gasteiger partial charge is 0.508 e. The smallest absolute Gasteiger partial charge is 0.338 e. The fraction of sp³-hybridized carbons (Fsp3) is 0.371. The van der Waals surface area contributed by atoms with Crippen molar-refractivity contribution in [3.63, 3.8) is 0 Å². The number of ether oxygens (including phenoxy) is 4. The summed E-state index contributed by atoms with van der Waals surface area (Å²) in [4.78, 5) is 54.0. The predicted molar refractivity (Wildman–Crippen MR) is 169 cm³/mol. The van der Waals surface area contributed by atoms with Gasteiger partial charge in [-0.25, -0.2) is 4.79 Å². The Balaban J connectivity index is 1.39. The van der Waals surface area contributed by atoms with Crippen LogP contribution in [0.5, 0.6) is 23.0 Å². The summed E-state index contributed by atoms with van der Waals surface area (Å²) in [5.74, 6) is -5.55. The lowest BCUT2D eigenvalue weighted by Gasteiger charge is -2.42. The molecule has 0 aromatic heterocycles. The predicted octanol–water partition coefficient (Wildman–Crippen LogP) is 1.06. The number of aromatic hydroxyl groups is 3. The van der Waals surface area contributed by atoms with Gasteiger partial charge in [0.05, 0.1) is 54.3 Å². The molecule has 8 N–H and O–H groups in total. The molecule has 50 heavy (non-hydrogen) atoms. The van der Waals surface area contributed by atoms with Crippen LogP contribution in [0, 0.1) is 0 Å². The maximum absolute atomic E-state index is 13.9. The van der Waals surface area contributed by atoms with Crippen molar-refractivity contribution >= 4 is 23.3 Å². The normalized spacial score (nSPS) is 25.7. The number of aliphatic hydroxyl groups excluding tert-OH is 2. The van der Waals surface area contributed by atoms with E-state index in [9.17, 15) is 49.8 Å². The van der Waals surface area contributed by atoms with Gasteiger partial charge in [0.25, 0.3) is 0 Å². The molecular weight excluding hydrogens is 658 g/mol.